The number of amides is 1. The molecule has 0 atom stereocenters. The lowest BCUT2D eigenvalue weighted by molar-refractivity contribution is -0.158. The fourth-order valence-corrected chi connectivity index (χ4v) is 4.29. The lowest BCUT2D eigenvalue weighted by atomic mass is 9.89. The third-order valence-corrected chi connectivity index (χ3v) is 9.80. The highest BCUT2D eigenvalue weighted by atomic mass is 16.6. The lowest BCUT2D eigenvalue weighted by Gasteiger charge is -2.25. The molecule has 2 aromatic rings. The monoisotopic (exact) mass is 858 g/mol. The van der Waals surface area contributed by atoms with E-state index in [2.05, 4.69) is 23.7 Å². The minimum Gasteiger partial charge on any atom is -0.508 e. The van der Waals surface area contributed by atoms with Gasteiger partial charge in [0.15, 0.2) is 0 Å². The number of ether oxygens (including phenoxy) is 4. The molecule has 0 aliphatic carbocycles. The van der Waals surface area contributed by atoms with E-state index in [9.17, 15) is 38.7 Å². The number of phenolic OH excluding ortho intramolecular Hbond substituents is 1. The van der Waals surface area contributed by atoms with E-state index in [1.807, 2.05) is 60.6 Å². The summed E-state index contributed by atoms with van der Waals surface area (Å²) in [6.45, 7) is 25.8. The van der Waals surface area contributed by atoms with Crippen molar-refractivity contribution in [2.75, 3.05) is 51.0 Å². The average Bonchev–Trinajstić information content (AvgIpc) is 3.22. The number of aromatic carboxylic acids is 2. The van der Waals surface area contributed by atoms with Crippen molar-refractivity contribution in [1.82, 2.24) is 5.32 Å². The summed E-state index contributed by atoms with van der Waals surface area (Å²) in [5.74, 6) is -4.52. The second-order valence-electron chi connectivity index (χ2n) is 15.8. The molecule has 0 heterocycles. The summed E-state index contributed by atoms with van der Waals surface area (Å²) in [5.41, 5.74) is -1.07. The number of likely N-dealkylation sites (N-methyl/N-ethyl adjacent to an activating group) is 1. The minimum atomic E-state index is -1.39. The largest absolute Gasteiger partial charge is 0.508 e. The van der Waals surface area contributed by atoms with Gasteiger partial charge in [-0.3, -0.25) is 14.4 Å². The van der Waals surface area contributed by atoms with Gasteiger partial charge in [-0.05, 0) is 103 Å². The molecule has 0 aliphatic rings. The van der Waals surface area contributed by atoms with E-state index in [0.29, 0.717) is 25.0 Å². The Morgan fingerprint density at radius 3 is 1.56 bits per heavy atom. The Kier molecular flexibility index (Phi) is 23.8. The summed E-state index contributed by atoms with van der Waals surface area (Å²) in [7, 11) is 0. The average molecular weight is 859 g/mol. The zero-order valence-corrected chi connectivity index (χ0v) is 37.6. The molecule has 0 radical (unpaired) electrons. The summed E-state index contributed by atoms with van der Waals surface area (Å²) in [4.78, 5) is 82.5. The molecular formula is C45H66N2O14. The van der Waals surface area contributed by atoms with E-state index in [4.69, 9.17) is 29.2 Å². The molecule has 2 aromatic carbocycles. The maximum Gasteiger partial charge on any atom is 0.339 e. The molecule has 0 spiro atoms. The normalized spacial score (nSPS) is 10.9. The third-order valence-electron chi connectivity index (χ3n) is 9.80. The molecule has 4 N–H and O–H groups in total. The van der Waals surface area contributed by atoms with Crippen molar-refractivity contribution in [3.8, 4) is 5.75 Å². The molecule has 2 rings (SSSR count). The Morgan fingerprint density at radius 2 is 1.13 bits per heavy atom. The van der Waals surface area contributed by atoms with Crippen molar-refractivity contribution in [2.24, 2.45) is 16.2 Å². The quantitative estimate of drug-likeness (QED) is 0.0425. The predicted octanol–water partition coefficient (Wildman–Crippen LogP) is 7.08. The van der Waals surface area contributed by atoms with Crippen LogP contribution in [0.15, 0.2) is 54.6 Å². The molecule has 0 saturated heterocycles. The van der Waals surface area contributed by atoms with E-state index < -0.39 is 40.7 Å². The SMILES string of the molecule is C=C(C)C(=O)OCCOC(=O)C(C)(C)CC.CCC(C)(C)C(=O)OCCOC(=O)c1cc(C(=O)O)ccc1C(=O)O.CCN(CCNC(=O)C(C)(C)CC)c1ccc(O)cc1. The first-order chi connectivity index (χ1) is 28.3. The van der Waals surface area contributed by atoms with Gasteiger partial charge in [-0.1, -0.05) is 41.2 Å². The zero-order valence-electron chi connectivity index (χ0n) is 37.6. The molecule has 1 amide bonds. The Bertz CT molecular complexity index is 1800. The summed E-state index contributed by atoms with van der Waals surface area (Å²) in [6.07, 6.45) is 2.11. The molecule has 0 aromatic heterocycles. The number of carbonyl (C=O) groups excluding carboxylic acids is 5. The molecular weight excluding hydrogens is 792 g/mol. The van der Waals surface area contributed by atoms with Crippen molar-refractivity contribution in [2.45, 2.75) is 95.4 Å². The van der Waals surface area contributed by atoms with Crippen LogP contribution in [0.25, 0.3) is 0 Å². The number of carbonyl (C=O) groups is 7. The van der Waals surface area contributed by atoms with Crippen molar-refractivity contribution < 1.29 is 67.8 Å². The number of rotatable bonds is 21. The van der Waals surface area contributed by atoms with Crippen LogP contribution in [0.4, 0.5) is 5.69 Å². The van der Waals surface area contributed by atoms with Gasteiger partial charge in [-0.15, -0.1) is 0 Å². The molecule has 0 bridgehead atoms. The van der Waals surface area contributed by atoms with Gasteiger partial charge in [0.05, 0.1) is 27.5 Å². The van der Waals surface area contributed by atoms with Crippen LogP contribution < -0.4 is 10.2 Å². The molecule has 0 fully saturated rings. The zero-order chi connectivity index (χ0) is 47.1. The van der Waals surface area contributed by atoms with Crippen LogP contribution >= 0.6 is 0 Å². The maximum atomic E-state index is 12.0. The summed E-state index contributed by atoms with van der Waals surface area (Å²) in [6, 6.07) is 10.2. The second kappa shape index (κ2) is 26.3. The van der Waals surface area contributed by atoms with Crippen LogP contribution in [0.2, 0.25) is 0 Å². The minimum absolute atomic E-state index is 0.0667. The Balaban J connectivity index is 0.000000909. The van der Waals surface area contributed by atoms with Crippen molar-refractivity contribution in [3.05, 3.63) is 71.3 Å². The van der Waals surface area contributed by atoms with Crippen LogP contribution in [0.5, 0.6) is 5.75 Å². The Morgan fingerprint density at radius 1 is 0.656 bits per heavy atom. The fraction of sp³-hybridized carbons (Fsp3) is 0.533. The third kappa shape index (κ3) is 19.8. The number of nitrogens with zero attached hydrogens (tertiary/aromatic N) is 1. The van der Waals surface area contributed by atoms with Crippen molar-refractivity contribution in [1.29, 1.82) is 0 Å². The first-order valence-corrected chi connectivity index (χ1v) is 20.1. The summed E-state index contributed by atoms with van der Waals surface area (Å²) in [5, 5.41) is 30.3. The van der Waals surface area contributed by atoms with Gasteiger partial charge in [0.1, 0.15) is 32.2 Å². The topological polar surface area (TPSA) is 232 Å². The summed E-state index contributed by atoms with van der Waals surface area (Å²) >= 11 is 0. The molecule has 0 saturated carbocycles. The fourth-order valence-electron chi connectivity index (χ4n) is 4.29. The van der Waals surface area contributed by atoms with Gasteiger partial charge < -0.3 is 44.5 Å². The van der Waals surface area contributed by atoms with Crippen LogP contribution in [-0.2, 0) is 38.1 Å². The number of nitrogens with one attached hydrogen (secondary N) is 1. The van der Waals surface area contributed by atoms with Gasteiger partial charge in [0.2, 0.25) is 5.91 Å². The van der Waals surface area contributed by atoms with E-state index in [1.165, 1.54) is 0 Å². The Labute approximate surface area is 359 Å². The highest BCUT2D eigenvalue weighted by Crippen LogP contribution is 2.23. The molecule has 16 nitrogen and oxygen atoms in total. The standard InChI is InChI=1S/C17H20O8.C16H26N2O2.C12H20O4/c1-4-17(2,3)16(23)25-8-7-24-15(22)12-9-10(13(18)19)5-6-11(12)14(20)21;1-5-16(3,4)15(20)17-11-12-18(6-2)13-7-9-14(19)10-8-13;1-6-12(4,5)11(14)16-8-7-15-10(13)9(2)3/h5-6,9H,4,7-8H2,1-3H3,(H,18,19)(H,20,21);7-10,19H,5-6,11-12H2,1-4H3,(H,17,20);2,6-8H2,1,3-5H3. The number of carboxylic acids is 2. The predicted molar refractivity (Wildman–Crippen MR) is 230 cm³/mol. The first kappa shape index (κ1) is 55.1. The van der Waals surface area contributed by atoms with Gasteiger partial charge in [-0.2, -0.15) is 0 Å². The lowest BCUT2D eigenvalue weighted by Crippen LogP contribution is -2.41. The van der Waals surface area contributed by atoms with Crippen LogP contribution in [0, 0.1) is 16.2 Å². The first-order valence-electron chi connectivity index (χ1n) is 20.1. The van der Waals surface area contributed by atoms with Crippen molar-refractivity contribution in [3.63, 3.8) is 0 Å². The number of aromatic hydroxyl groups is 1. The Hall–Kier alpha value is -5.93. The number of carboxylic acid groups (broad SMARTS) is 2. The molecule has 0 aliphatic heterocycles. The van der Waals surface area contributed by atoms with E-state index in [-0.39, 0.29) is 66.2 Å². The number of phenols is 1. The highest BCUT2D eigenvalue weighted by Gasteiger charge is 2.28. The van der Waals surface area contributed by atoms with E-state index in [1.54, 1.807) is 32.9 Å². The number of hydrogen-bond donors (Lipinski definition) is 4. The number of hydrogen-bond acceptors (Lipinski definition) is 13. The van der Waals surface area contributed by atoms with Gasteiger partial charge in [-0.25, -0.2) is 19.2 Å². The van der Waals surface area contributed by atoms with Crippen LogP contribution in [-0.4, -0.2) is 103 Å². The summed E-state index contributed by atoms with van der Waals surface area (Å²) < 4.78 is 19.6. The molecule has 61 heavy (non-hydrogen) atoms. The van der Waals surface area contributed by atoms with Crippen LogP contribution in [0.3, 0.4) is 0 Å². The number of esters is 4. The van der Waals surface area contributed by atoms with Crippen LogP contribution in [0.1, 0.15) is 126 Å². The molecule has 16 heteroatoms. The maximum absolute atomic E-state index is 12.0. The smallest absolute Gasteiger partial charge is 0.339 e. The van der Waals surface area contributed by atoms with E-state index >= 15 is 0 Å². The van der Waals surface area contributed by atoms with Gasteiger partial charge in [0.25, 0.3) is 0 Å². The van der Waals surface area contributed by atoms with Crippen molar-refractivity contribution >= 4 is 47.4 Å². The van der Waals surface area contributed by atoms with E-state index in [0.717, 1.165) is 43.4 Å². The second-order valence-corrected chi connectivity index (χ2v) is 15.8. The van der Waals surface area contributed by atoms with Gasteiger partial charge in [0, 0.05) is 36.3 Å². The molecule has 340 valence electrons. The number of anilines is 1. The molecule has 0 unspecified atom stereocenters. The number of benzene rings is 2. The van der Waals surface area contributed by atoms with Gasteiger partial charge >= 0.3 is 35.8 Å². The highest BCUT2D eigenvalue weighted by molar-refractivity contribution is 6.04.